The second kappa shape index (κ2) is 9.05. The highest BCUT2D eigenvalue weighted by molar-refractivity contribution is 7.97. The van der Waals surface area contributed by atoms with E-state index in [1.54, 1.807) is 23.2 Å². The number of benzene rings is 1. The number of nitrogens with one attached hydrogen (secondary N) is 1. The first kappa shape index (κ1) is 22.9. The smallest absolute Gasteiger partial charge is 0.223 e. The molecule has 1 aliphatic rings. The van der Waals surface area contributed by atoms with Gasteiger partial charge in [0.25, 0.3) is 0 Å². The summed E-state index contributed by atoms with van der Waals surface area (Å²) in [5, 5.41) is 10.1. The van der Waals surface area contributed by atoms with Gasteiger partial charge in [-0.05, 0) is 49.2 Å². The lowest BCUT2D eigenvalue weighted by atomic mass is 10.1. The van der Waals surface area contributed by atoms with Crippen molar-refractivity contribution < 1.29 is 8.95 Å². The minimum absolute atomic E-state index is 0.0340. The van der Waals surface area contributed by atoms with Gasteiger partial charge in [-0.25, -0.2) is 18.8 Å². The Hall–Kier alpha value is -2.88. The van der Waals surface area contributed by atoms with Gasteiger partial charge >= 0.3 is 0 Å². The lowest BCUT2D eigenvalue weighted by Gasteiger charge is -2.32. The quantitative estimate of drug-likeness (QED) is 0.401. The summed E-state index contributed by atoms with van der Waals surface area (Å²) in [6.45, 7) is 3.40. The molecule has 2 atom stereocenters. The fraction of sp³-hybridized carbons (Fsp3) is 0.333. The summed E-state index contributed by atoms with van der Waals surface area (Å²) < 4.78 is 22.4. The van der Waals surface area contributed by atoms with Crippen LogP contribution in [0.3, 0.4) is 0 Å². The Balaban J connectivity index is 1.44. The number of halogens is 1. The fourth-order valence-electron chi connectivity index (χ4n) is 4.31. The van der Waals surface area contributed by atoms with E-state index < -0.39 is 9.71 Å². The third-order valence-electron chi connectivity index (χ3n) is 6.13. The van der Waals surface area contributed by atoms with Crippen molar-refractivity contribution in [2.75, 3.05) is 24.7 Å². The molecule has 178 valence electrons. The molecule has 1 aliphatic heterocycles. The maximum absolute atomic E-state index is 12.3. The van der Waals surface area contributed by atoms with Crippen molar-refractivity contribution in [1.29, 1.82) is 0 Å². The Morgan fingerprint density at radius 3 is 2.82 bits per heavy atom. The van der Waals surface area contributed by atoms with Crippen molar-refractivity contribution in [3.05, 3.63) is 59.6 Å². The van der Waals surface area contributed by atoms with E-state index in [9.17, 15) is 4.21 Å². The summed E-state index contributed by atoms with van der Waals surface area (Å²) in [6.07, 6.45) is 8.41. The van der Waals surface area contributed by atoms with Crippen LogP contribution in [0.1, 0.15) is 31.5 Å². The Bertz CT molecular complexity index is 1450. The third-order valence-corrected chi connectivity index (χ3v) is 7.90. The van der Waals surface area contributed by atoms with Crippen LogP contribution in [0.2, 0.25) is 5.02 Å². The summed E-state index contributed by atoms with van der Waals surface area (Å²) >= 11 is 6.57. The summed E-state index contributed by atoms with van der Waals surface area (Å²) in [6, 6.07) is 9.61. The molecule has 4 aromatic rings. The highest BCUT2D eigenvalue weighted by atomic mass is 35.5. The zero-order valence-corrected chi connectivity index (χ0v) is 20.7. The molecule has 3 aromatic heterocycles. The highest BCUT2D eigenvalue weighted by Gasteiger charge is 2.25. The van der Waals surface area contributed by atoms with E-state index in [-0.39, 0.29) is 12.1 Å². The molecule has 0 amide bonds. The number of hydrogen-bond acceptors (Lipinski definition) is 6. The molecule has 0 spiro atoms. The number of nitrogens with zero attached hydrogens (tertiary/aromatic N) is 5. The van der Waals surface area contributed by atoms with E-state index in [1.165, 1.54) is 0 Å². The number of anilines is 1. The standard InChI is InChI=1S/C24H27ClN6O2S/c1-16(28-20-7-10-27-31-14-11-26-23(20)31)21-15-17-5-4-6-19(25)22(17)24(29-21)33-18-8-12-30(13-9-18)34(2,3)32/h4-7,10-11,14-16,18,28H,2,8-9,12-13H2,1,3H3/t16-,34?/m0/s1. The number of pyridine rings is 1. The number of hydrogen-bond donors (Lipinski definition) is 1. The van der Waals surface area contributed by atoms with Crippen LogP contribution in [0.15, 0.2) is 48.9 Å². The highest BCUT2D eigenvalue weighted by Crippen LogP contribution is 2.35. The summed E-state index contributed by atoms with van der Waals surface area (Å²) in [5.74, 6) is 4.33. The van der Waals surface area contributed by atoms with Gasteiger partial charge in [-0.2, -0.15) is 5.10 Å². The first-order valence-corrected chi connectivity index (χ1v) is 13.6. The van der Waals surface area contributed by atoms with Gasteiger partial charge in [0.1, 0.15) is 6.10 Å². The predicted octanol–water partition coefficient (Wildman–Crippen LogP) is 4.21. The van der Waals surface area contributed by atoms with Crippen LogP contribution in [0.5, 0.6) is 5.88 Å². The van der Waals surface area contributed by atoms with Crippen molar-refractivity contribution in [3.8, 4) is 5.88 Å². The molecule has 0 saturated carbocycles. The number of aromatic nitrogens is 4. The van der Waals surface area contributed by atoms with Crippen LogP contribution in [-0.2, 0) is 9.71 Å². The molecule has 34 heavy (non-hydrogen) atoms. The Morgan fingerprint density at radius 2 is 2.06 bits per heavy atom. The zero-order valence-electron chi connectivity index (χ0n) is 19.1. The molecule has 1 N–H and O–H groups in total. The summed E-state index contributed by atoms with van der Waals surface area (Å²) in [5.41, 5.74) is 2.45. The van der Waals surface area contributed by atoms with Crippen LogP contribution in [0.4, 0.5) is 5.69 Å². The molecule has 1 saturated heterocycles. The molecule has 1 fully saturated rings. The number of rotatable bonds is 6. The van der Waals surface area contributed by atoms with Gasteiger partial charge in [0.2, 0.25) is 5.88 Å². The van der Waals surface area contributed by atoms with E-state index in [4.69, 9.17) is 21.3 Å². The predicted molar refractivity (Wildman–Crippen MR) is 138 cm³/mol. The number of imidazole rings is 1. The summed E-state index contributed by atoms with van der Waals surface area (Å²) in [7, 11) is -2.20. The van der Waals surface area contributed by atoms with Gasteiger partial charge in [0, 0.05) is 41.4 Å². The second-order valence-electron chi connectivity index (χ2n) is 8.70. The maximum atomic E-state index is 12.3. The first-order valence-electron chi connectivity index (χ1n) is 11.2. The Kier molecular flexibility index (Phi) is 6.09. The molecule has 1 aromatic carbocycles. The lowest BCUT2D eigenvalue weighted by molar-refractivity contribution is 0.133. The summed E-state index contributed by atoms with van der Waals surface area (Å²) in [4.78, 5) is 9.28. The van der Waals surface area contributed by atoms with E-state index in [2.05, 4.69) is 21.3 Å². The first-order chi connectivity index (χ1) is 16.3. The minimum Gasteiger partial charge on any atom is -0.474 e. The van der Waals surface area contributed by atoms with Crippen molar-refractivity contribution in [2.45, 2.75) is 31.9 Å². The van der Waals surface area contributed by atoms with Gasteiger partial charge in [0.05, 0.1) is 34.0 Å². The van der Waals surface area contributed by atoms with E-state index >= 15 is 0 Å². The molecule has 4 heterocycles. The van der Waals surface area contributed by atoms with Crippen LogP contribution >= 0.6 is 11.6 Å². The van der Waals surface area contributed by atoms with Crippen LogP contribution in [-0.4, -0.2) is 59.4 Å². The molecular weight excluding hydrogens is 472 g/mol. The normalized spacial score (nSPS) is 18.1. The molecule has 0 bridgehead atoms. The maximum Gasteiger partial charge on any atom is 0.223 e. The number of ether oxygens (including phenoxy) is 1. The van der Waals surface area contributed by atoms with E-state index in [0.29, 0.717) is 24.0 Å². The lowest BCUT2D eigenvalue weighted by Crippen LogP contribution is -2.41. The molecule has 0 aliphatic carbocycles. The molecule has 5 rings (SSSR count). The second-order valence-corrected chi connectivity index (χ2v) is 11.5. The van der Waals surface area contributed by atoms with Crippen molar-refractivity contribution >= 4 is 49.3 Å². The number of fused-ring (bicyclic) bond motifs is 2. The average Bonchev–Trinajstić information content (AvgIpc) is 3.29. The molecule has 10 heteroatoms. The topological polar surface area (TPSA) is 84.7 Å². The van der Waals surface area contributed by atoms with E-state index in [1.807, 2.05) is 47.8 Å². The van der Waals surface area contributed by atoms with Gasteiger partial charge in [0.15, 0.2) is 5.65 Å². The van der Waals surface area contributed by atoms with Crippen molar-refractivity contribution in [2.24, 2.45) is 0 Å². The molecule has 1 unspecified atom stereocenters. The van der Waals surface area contributed by atoms with Crippen LogP contribution in [0.25, 0.3) is 16.4 Å². The van der Waals surface area contributed by atoms with Gasteiger partial charge in [-0.1, -0.05) is 23.7 Å². The van der Waals surface area contributed by atoms with Crippen molar-refractivity contribution in [1.82, 2.24) is 23.9 Å². The molecule has 0 radical (unpaired) electrons. The SMILES string of the molecule is C=S(C)(=O)N1CCC(Oc2nc([C@H](C)Nc3ccnn4ccnc34)cc3cccc(Cl)c23)CC1. The van der Waals surface area contributed by atoms with Gasteiger partial charge < -0.3 is 10.1 Å². The van der Waals surface area contributed by atoms with Crippen LogP contribution < -0.4 is 10.1 Å². The van der Waals surface area contributed by atoms with Gasteiger partial charge in [-0.15, -0.1) is 0 Å². The minimum atomic E-state index is -2.20. The third kappa shape index (κ3) is 4.55. The van der Waals surface area contributed by atoms with Gasteiger partial charge in [-0.3, -0.25) is 4.21 Å². The van der Waals surface area contributed by atoms with Crippen molar-refractivity contribution in [3.63, 3.8) is 0 Å². The molecule has 8 nitrogen and oxygen atoms in total. The monoisotopic (exact) mass is 498 g/mol. The fourth-order valence-corrected chi connectivity index (χ4v) is 5.56. The molecular formula is C24H27ClN6O2S. The Labute approximate surface area is 204 Å². The largest absolute Gasteiger partial charge is 0.474 e. The zero-order chi connectivity index (χ0) is 23.9. The Morgan fingerprint density at radius 1 is 1.26 bits per heavy atom. The average molecular weight is 499 g/mol. The van der Waals surface area contributed by atoms with E-state index in [0.717, 1.165) is 40.6 Å². The number of piperidine rings is 1. The van der Waals surface area contributed by atoms with Crippen LogP contribution in [0, 0.1) is 0 Å².